The lowest BCUT2D eigenvalue weighted by Gasteiger charge is -2.41. The predicted molar refractivity (Wildman–Crippen MR) is 99.1 cm³/mol. The molecule has 0 unspecified atom stereocenters. The van der Waals surface area contributed by atoms with Crippen molar-refractivity contribution in [1.29, 1.82) is 0 Å². The monoisotopic (exact) mass is 362 g/mol. The van der Waals surface area contributed by atoms with Gasteiger partial charge in [-0.2, -0.15) is 0 Å². The molecule has 5 heteroatoms. The molecule has 1 aliphatic rings. The van der Waals surface area contributed by atoms with Crippen molar-refractivity contribution in [2.75, 3.05) is 0 Å². The van der Waals surface area contributed by atoms with Crippen molar-refractivity contribution in [3.8, 4) is 0 Å². The summed E-state index contributed by atoms with van der Waals surface area (Å²) in [6.07, 6.45) is 0. The first-order chi connectivity index (χ1) is 11.5. The van der Waals surface area contributed by atoms with Crippen molar-refractivity contribution in [3.05, 3.63) is 69.7 Å². The fourth-order valence-corrected chi connectivity index (χ4v) is 3.78. The van der Waals surface area contributed by atoms with Crippen molar-refractivity contribution >= 4 is 28.9 Å². The molecule has 0 saturated carbocycles. The van der Waals surface area contributed by atoms with Gasteiger partial charge in [-0.15, -0.1) is 0 Å². The molecule has 2 aromatic carbocycles. The number of halogens is 2. The largest absolute Gasteiger partial charge is 0.411 e. The summed E-state index contributed by atoms with van der Waals surface area (Å²) in [5, 5.41) is 18.3. The van der Waals surface area contributed by atoms with E-state index in [1.54, 1.807) is 0 Å². The van der Waals surface area contributed by atoms with Gasteiger partial charge in [0.2, 0.25) is 0 Å². The van der Waals surface area contributed by atoms with Crippen molar-refractivity contribution < 1.29 is 5.21 Å². The highest BCUT2D eigenvalue weighted by atomic mass is 35.5. The molecule has 1 aliphatic heterocycles. The summed E-state index contributed by atoms with van der Waals surface area (Å²) in [5.74, 6) is 0.157. The van der Waals surface area contributed by atoms with E-state index in [1.807, 2.05) is 48.5 Å². The number of rotatable bonds is 2. The highest BCUT2D eigenvalue weighted by molar-refractivity contribution is 6.30. The third kappa shape index (κ3) is 3.30. The van der Waals surface area contributed by atoms with E-state index in [0.717, 1.165) is 16.8 Å². The van der Waals surface area contributed by atoms with E-state index in [2.05, 4.69) is 24.3 Å². The molecule has 2 aromatic rings. The molecule has 0 amide bonds. The van der Waals surface area contributed by atoms with Crippen LogP contribution in [0, 0.1) is 11.8 Å². The Balaban J connectivity index is 1.98. The number of hydrogen-bond donors (Lipinski definition) is 2. The van der Waals surface area contributed by atoms with Crippen LogP contribution in [0.3, 0.4) is 0 Å². The van der Waals surface area contributed by atoms with Crippen LogP contribution in [0.15, 0.2) is 53.7 Å². The van der Waals surface area contributed by atoms with Gasteiger partial charge in [0, 0.05) is 34.0 Å². The molecule has 0 bridgehead atoms. The molecular formula is C19H20Cl2N2O. The number of nitrogens with zero attached hydrogens (tertiary/aromatic N) is 1. The quantitative estimate of drug-likeness (QED) is 0.548. The minimum absolute atomic E-state index is 0.0463. The molecule has 24 heavy (non-hydrogen) atoms. The summed E-state index contributed by atoms with van der Waals surface area (Å²) in [6, 6.07) is 15.7. The molecule has 1 heterocycles. The first-order valence-corrected chi connectivity index (χ1v) is 8.75. The summed E-state index contributed by atoms with van der Waals surface area (Å²) >= 11 is 12.0. The second-order valence-electron chi connectivity index (χ2n) is 6.33. The van der Waals surface area contributed by atoms with Gasteiger partial charge in [-0.1, -0.05) is 66.5 Å². The first kappa shape index (κ1) is 17.3. The number of benzene rings is 2. The van der Waals surface area contributed by atoms with Crippen LogP contribution in [0.5, 0.6) is 0 Å². The molecule has 0 radical (unpaired) electrons. The Labute approximate surface area is 152 Å². The van der Waals surface area contributed by atoms with Gasteiger partial charge < -0.3 is 10.5 Å². The lowest BCUT2D eigenvalue weighted by Crippen LogP contribution is -2.46. The van der Waals surface area contributed by atoms with Gasteiger partial charge >= 0.3 is 0 Å². The van der Waals surface area contributed by atoms with E-state index in [9.17, 15) is 5.21 Å². The lowest BCUT2D eigenvalue weighted by molar-refractivity contribution is 0.271. The number of piperidine rings is 1. The van der Waals surface area contributed by atoms with E-state index in [-0.39, 0.29) is 23.9 Å². The summed E-state index contributed by atoms with van der Waals surface area (Å²) in [4.78, 5) is 0. The molecule has 4 atom stereocenters. The number of hydrogen-bond acceptors (Lipinski definition) is 3. The van der Waals surface area contributed by atoms with Crippen LogP contribution < -0.4 is 5.32 Å². The number of nitrogens with one attached hydrogen (secondary N) is 1. The molecule has 3 rings (SSSR count). The molecule has 0 aromatic heterocycles. The third-order valence-electron chi connectivity index (χ3n) is 4.87. The molecule has 0 aliphatic carbocycles. The Kier molecular flexibility index (Phi) is 5.14. The number of oxime groups is 1. The predicted octanol–water partition coefficient (Wildman–Crippen LogP) is 5.48. The first-order valence-electron chi connectivity index (χ1n) is 8.00. The standard InChI is InChI=1S/C19H20Cl2N2O/c1-11-17(23-24)12(2)19(14-5-9-16(21)10-6-14)22-18(11)13-3-7-15(20)8-4-13/h3-12,18-19,22,24H,1-2H3/t11-,12-,18-,19+/m1/s1. The summed E-state index contributed by atoms with van der Waals surface area (Å²) in [7, 11) is 0. The van der Waals surface area contributed by atoms with Crippen LogP contribution in [0.25, 0.3) is 0 Å². The molecule has 0 spiro atoms. The van der Waals surface area contributed by atoms with Gasteiger partial charge in [0.15, 0.2) is 0 Å². The van der Waals surface area contributed by atoms with Crippen LogP contribution in [0.1, 0.15) is 37.1 Å². The van der Waals surface area contributed by atoms with E-state index < -0.39 is 0 Å². The second-order valence-corrected chi connectivity index (χ2v) is 7.20. The zero-order valence-electron chi connectivity index (χ0n) is 13.6. The summed E-state index contributed by atoms with van der Waals surface area (Å²) in [5.41, 5.74) is 3.05. The average Bonchev–Trinajstić information content (AvgIpc) is 2.58. The maximum Gasteiger partial charge on any atom is 0.0664 e. The normalized spacial score (nSPS) is 28.9. The Bertz CT molecular complexity index is 669. The smallest absolute Gasteiger partial charge is 0.0664 e. The lowest BCUT2D eigenvalue weighted by atomic mass is 9.75. The molecular weight excluding hydrogens is 343 g/mol. The Morgan fingerprint density at radius 2 is 1.17 bits per heavy atom. The van der Waals surface area contributed by atoms with Gasteiger partial charge in [-0.3, -0.25) is 0 Å². The van der Waals surface area contributed by atoms with Crippen molar-refractivity contribution in [3.63, 3.8) is 0 Å². The maximum absolute atomic E-state index is 9.57. The van der Waals surface area contributed by atoms with E-state index >= 15 is 0 Å². The SMILES string of the molecule is C[C@@H]1C(=NO)[C@@H](C)[C@H](c2ccc(Cl)cc2)N[C@@H]1c1ccc(Cl)cc1. The Morgan fingerprint density at radius 3 is 1.50 bits per heavy atom. The topological polar surface area (TPSA) is 44.6 Å². The highest BCUT2D eigenvalue weighted by Gasteiger charge is 2.39. The van der Waals surface area contributed by atoms with E-state index in [4.69, 9.17) is 23.2 Å². The van der Waals surface area contributed by atoms with Crippen molar-refractivity contribution in [1.82, 2.24) is 5.32 Å². The van der Waals surface area contributed by atoms with E-state index in [0.29, 0.717) is 10.0 Å². The highest BCUT2D eigenvalue weighted by Crippen LogP contribution is 2.39. The average molecular weight is 363 g/mol. The minimum Gasteiger partial charge on any atom is -0.411 e. The van der Waals surface area contributed by atoms with Crippen LogP contribution in [0.2, 0.25) is 10.0 Å². The Morgan fingerprint density at radius 1 is 0.792 bits per heavy atom. The van der Waals surface area contributed by atoms with Gasteiger partial charge in [-0.05, 0) is 35.4 Å². The van der Waals surface area contributed by atoms with Gasteiger partial charge in [-0.25, -0.2) is 0 Å². The van der Waals surface area contributed by atoms with Crippen LogP contribution in [0.4, 0.5) is 0 Å². The zero-order valence-corrected chi connectivity index (χ0v) is 15.1. The molecule has 126 valence electrons. The van der Waals surface area contributed by atoms with Crippen molar-refractivity contribution in [2.45, 2.75) is 25.9 Å². The van der Waals surface area contributed by atoms with Crippen LogP contribution >= 0.6 is 23.2 Å². The van der Waals surface area contributed by atoms with Crippen LogP contribution in [-0.4, -0.2) is 10.9 Å². The molecule has 1 saturated heterocycles. The summed E-state index contributed by atoms with van der Waals surface area (Å²) < 4.78 is 0. The van der Waals surface area contributed by atoms with E-state index in [1.165, 1.54) is 0 Å². The summed E-state index contributed by atoms with van der Waals surface area (Å²) in [6.45, 7) is 4.16. The van der Waals surface area contributed by atoms with Gasteiger partial charge in [0.25, 0.3) is 0 Å². The molecule has 1 fully saturated rings. The van der Waals surface area contributed by atoms with Gasteiger partial charge in [0.1, 0.15) is 0 Å². The minimum atomic E-state index is 0.0463. The fraction of sp³-hybridized carbons (Fsp3) is 0.316. The van der Waals surface area contributed by atoms with Crippen molar-refractivity contribution in [2.24, 2.45) is 17.0 Å². The molecule has 3 nitrogen and oxygen atoms in total. The second kappa shape index (κ2) is 7.14. The zero-order chi connectivity index (χ0) is 17.3. The third-order valence-corrected chi connectivity index (χ3v) is 5.37. The van der Waals surface area contributed by atoms with Crippen LogP contribution in [-0.2, 0) is 0 Å². The fourth-order valence-electron chi connectivity index (χ4n) is 3.53. The Hall–Kier alpha value is -1.55. The van der Waals surface area contributed by atoms with Gasteiger partial charge in [0.05, 0.1) is 5.71 Å². The molecule has 2 N–H and O–H groups in total. The maximum atomic E-state index is 9.57.